The summed E-state index contributed by atoms with van der Waals surface area (Å²) in [4.78, 5) is 37.4. The van der Waals surface area contributed by atoms with E-state index in [2.05, 4.69) is 5.32 Å². The summed E-state index contributed by atoms with van der Waals surface area (Å²) in [6.07, 6.45) is 3.08. The van der Waals surface area contributed by atoms with Crippen LogP contribution >= 0.6 is 0 Å². The number of aliphatic carboxylic acids is 1. The fourth-order valence-electron chi connectivity index (χ4n) is 2.62. The van der Waals surface area contributed by atoms with Crippen LogP contribution in [0.2, 0.25) is 0 Å². The van der Waals surface area contributed by atoms with E-state index in [0.717, 1.165) is 19.3 Å². The zero-order valence-corrected chi connectivity index (χ0v) is 13.3. The average Bonchev–Trinajstić information content (AvgIpc) is 2.36. The van der Waals surface area contributed by atoms with Crippen LogP contribution in [0.15, 0.2) is 0 Å². The van der Waals surface area contributed by atoms with Crippen molar-refractivity contribution in [2.24, 2.45) is 11.3 Å². The summed E-state index contributed by atoms with van der Waals surface area (Å²) in [5, 5.41) is 11.8. The van der Waals surface area contributed by atoms with Gasteiger partial charge in [-0.25, -0.2) is 0 Å². The van der Waals surface area contributed by atoms with E-state index in [1.165, 1.54) is 0 Å². The molecule has 0 radical (unpaired) electrons. The molecule has 0 bridgehead atoms. The van der Waals surface area contributed by atoms with Crippen molar-refractivity contribution in [2.75, 3.05) is 13.1 Å². The minimum Gasteiger partial charge on any atom is -0.481 e. The van der Waals surface area contributed by atoms with Crippen molar-refractivity contribution in [2.45, 2.75) is 53.0 Å². The number of likely N-dealkylation sites (tertiary alicyclic amines) is 1. The Hall–Kier alpha value is -1.59. The van der Waals surface area contributed by atoms with Crippen LogP contribution in [0.5, 0.6) is 0 Å². The maximum Gasteiger partial charge on any atom is 0.316 e. The number of carboxylic acid groups (broad SMARTS) is 1. The number of amides is 2. The molecule has 6 nitrogen and oxygen atoms in total. The number of nitrogens with zero attached hydrogens (tertiary/aromatic N) is 1. The van der Waals surface area contributed by atoms with Crippen LogP contribution in [0, 0.1) is 11.3 Å². The second-order valence-electron chi connectivity index (χ2n) is 6.75. The third-order valence-electron chi connectivity index (χ3n) is 3.77. The second-order valence-corrected chi connectivity index (χ2v) is 6.75. The van der Waals surface area contributed by atoms with Crippen molar-refractivity contribution >= 4 is 17.8 Å². The zero-order valence-electron chi connectivity index (χ0n) is 13.3. The van der Waals surface area contributed by atoms with Gasteiger partial charge >= 0.3 is 5.97 Å². The SMILES string of the molecule is CC(NC(=O)C(C(=O)O)C(C)(C)C)C(=O)N1CCCCC1. The molecule has 21 heavy (non-hydrogen) atoms. The van der Waals surface area contributed by atoms with Gasteiger partial charge in [-0.05, 0) is 31.6 Å². The Bertz CT molecular complexity index is 408. The Morgan fingerprint density at radius 2 is 1.62 bits per heavy atom. The van der Waals surface area contributed by atoms with E-state index in [0.29, 0.717) is 13.1 Å². The van der Waals surface area contributed by atoms with Crippen LogP contribution < -0.4 is 5.32 Å². The average molecular weight is 298 g/mol. The van der Waals surface area contributed by atoms with E-state index in [1.54, 1.807) is 32.6 Å². The number of rotatable bonds is 4. The maximum absolute atomic E-state index is 12.2. The lowest BCUT2D eigenvalue weighted by Gasteiger charge is -2.31. The van der Waals surface area contributed by atoms with Crippen molar-refractivity contribution in [3.63, 3.8) is 0 Å². The van der Waals surface area contributed by atoms with Crippen molar-refractivity contribution in [3.05, 3.63) is 0 Å². The van der Waals surface area contributed by atoms with Crippen molar-refractivity contribution in [3.8, 4) is 0 Å². The minimum atomic E-state index is -1.17. The quantitative estimate of drug-likeness (QED) is 0.765. The number of carbonyl (C=O) groups is 3. The molecular formula is C15H26N2O4. The zero-order chi connectivity index (χ0) is 16.2. The van der Waals surface area contributed by atoms with Crippen LogP contribution in [-0.2, 0) is 14.4 Å². The molecule has 0 aromatic heterocycles. The number of hydrogen-bond acceptors (Lipinski definition) is 3. The summed E-state index contributed by atoms with van der Waals surface area (Å²) in [6.45, 7) is 8.12. The second kappa shape index (κ2) is 6.91. The van der Waals surface area contributed by atoms with E-state index in [4.69, 9.17) is 0 Å². The molecule has 1 rings (SSSR count). The standard InChI is InChI=1S/C15H26N2O4/c1-10(13(19)17-8-6-5-7-9-17)16-12(18)11(14(20)21)15(2,3)4/h10-11H,5-9H2,1-4H3,(H,16,18)(H,20,21). The van der Waals surface area contributed by atoms with Crippen LogP contribution in [0.25, 0.3) is 0 Å². The highest BCUT2D eigenvalue weighted by Crippen LogP contribution is 2.26. The molecule has 0 aromatic carbocycles. The van der Waals surface area contributed by atoms with Gasteiger partial charge in [-0.15, -0.1) is 0 Å². The summed E-state index contributed by atoms with van der Waals surface area (Å²) in [5.41, 5.74) is -0.705. The molecule has 1 fully saturated rings. The van der Waals surface area contributed by atoms with Crippen molar-refractivity contribution < 1.29 is 19.5 Å². The maximum atomic E-state index is 12.2. The van der Waals surface area contributed by atoms with Crippen LogP contribution in [0.4, 0.5) is 0 Å². The third-order valence-corrected chi connectivity index (χ3v) is 3.77. The van der Waals surface area contributed by atoms with Gasteiger partial charge in [0.05, 0.1) is 0 Å². The Labute approximate surface area is 125 Å². The number of nitrogens with one attached hydrogen (secondary N) is 1. The van der Waals surface area contributed by atoms with E-state index in [9.17, 15) is 19.5 Å². The molecule has 2 unspecified atom stereocenters. The molecule has 1 aliphatic heterocycles. The topological polar surface area (TPSA) is 86.7 Å². The van der Waals surface area contributed by atoms with Crippen molar-refractivity contribution in [1.29, 1.82) is 0 Å². The van der Waals surface area contributed by atoms with Gasteiger partial charge in [-0.2, -0.15) is 0 Å². The van der Waals surface area contributed by atoms with Crippen LogP contribution in [0.3, 0.4) is 0 Å². The van der Waals surface area contributed by atoms with Gasteiger partial charge < -0.3 is 15.3 Å². The van der Waals surface area contributed by atoms with Crippen LogP contribution in [0.1, 0.15) is 47.0 Å². The number of carbonyl (C=O) groups excluding carboxylic acids is 2. The molecule has 0 aromatic rings. The van der Waals surface area contributed by atoms with Gasteiger partial charge in [-0.3, -0.25) is 14.4 Å². The lowest BCUT2D eigenvalue weighted by atomic mass is 9.80. The normalized spacial score (nSPS) is 18.8. The summed E-state index contributed by atoms with van der Waals surface area (Å²) < 4.78 is 0. The Morgan fingerprint density at radius 3 is 2.05 bits per heavy atom. The molecule has 1 aliphatic rings. The first-order valence-corrected chi connectivity index (χ1v) is 7.46. The minimum absolute atomic E-state index is 0.138. The first-order chi connectivity index (χ1) is 9.64. The van der Waals surface area contributed by atoms with Crippen molar-refractivity contribution in [1.82, 2.24) is 10.2 Å². The van der Waals surface area contributed by atoms with E-state index in [1.807, 2.05) is 0 Å². The monoisotopic (exact) mass is 298 g/mol. The summed E-state index contributed by atoms with van der Waals surface area (Å²) in [6, 6.07) is -0.695. The smallest absolute Gasteiger partial charge is 0.316 e. The van der Waals surface area contributed by atoms with Gasteiger partial charge in [0.25, 0.3) is 0 Å². The number of hydrogen-bond donors (Lipinski definition) is 2. The fourth-order valence-corrected chi connectivity index (χ4v) is 2.62. The first kappa shape index (κ1) is 17.5. The molecule has 0 spiro atoms. The lowest BCUT2D eigenvalue weighted by molar-refractivity contribution is -0.153. The van der Waals surface area contributed by atoms with Gasteiger partial charge in [-0.1, -0.05) is 20.8 Å². The third kappa shape index (κ3) is 4.72. The number of piperidine rings is 1. The predicted octanol–water partition coefficient (Wildman–Crippen LogP) is 1.25. The summed E-state index contributed by atoms with van der Waals surface area (Å²) in [5.74, 6) is -3.08. The fraction of sp³-hybridized carbons (Fsp3) is 0.800. The molecular weight excluding hydrogens is 272 g/mol. The highest BCUT2D eigenvalue weighted by atomic mass is 16.4. The van der Waals surface area contributed by atoms with Gasteiger partial charge in [0, 0.05) is 13.1 Å². The molecule has 1 saturated heterocycles. The largest absolute Gasteiger partial charge is 0.481 e. The summed E-state index contributed by atoms with van der Waals surface area (Å²) in [7, 11) is 0. The first-order valence-electron chi connectivity index (χ1n) is 7.46. The van der Waals surface area contributed by atoms with E-state index < -0.39 is 29.3 Å². The predicted molar refractivity (Wildman–Crippen MR) is 78.6 cm³/mol. The Kier molecular flexibility index (Phi) is 5.75. The summed E-state index contributed by atoms with van der Waals surface area (Å²) >= 11 is 0. The number of carboxylic acids is 1. The molecule has 0 aliphatic carbocycles. The highest BCUT2D eigenvalue weighted by Gasteiger charge is 2.39. The van der Waals surface area contributed by atoms with E-state index >= 15 is 0 Å². The molecule has 2 N–H and O–H groups in total. The Morgan fingerprint density at radius 1 is 1.10 bits per heavy atom. The molecule has 120 valence electrons. The van der Waals surface area contributed by atoms with E-state index in [-0.39, 0.29) is 5.91 Å². The van der Waals surface area contributed by atoms with Crippen LogP contribution in [-0.4, -0.2) is 46.9 Å². The van der Waals surface area contributed by atoms with Gasteiger partial charge in [0.2, 0.25) is 11.8 Å². The van der Waals surface area contributed by atoms with Gasteiger partial charge in [0.15, 0.2) is 0 Å². The molecule has 2 amide bonds. The highest BCUT2D eigenvalue weighted by molar-refractivity contribution is 5.99. The Balaban J connectivity index is 2.67. The molecule has 0 saturated carbocycles. The lowest BCUT2D eigenvalue weighted by Crippen LogP contribution is -2.52. The molecule has 2 atom stereocenters. The molecule has 1 heterocycles. The van der Waals surface area contributed by atoms with Gasteiger partial charge in [0.1, 0.15) is 12.0 Å². The molecule has 6 heteroatoms.